The van der Waals surface area contributed by atoms with E-state index >= 15 is 0 Å². The van der Waals surface area contributed by atoms with Crippen LogP contribution in [-0.4, -0.2) is 18.1 Å². The number of halogens is 2. The van der Waals surface area contributed by atoms with Gasteiger partial charge in [-0.05, 0) is 18.4 Å². The van der Waals surface area contributed by atoms with Gasteiger partial charge >= 0.3 is 6.09 Å². The molecule has 1 atom stereocenters. The molecule has 1 aromatic rings. The Labute approximate surface area is 104 Å². The molecular weight excluding hydrogens is 240 g/mol. The Balaban J connectivity index is 1.79. The van der Waals surface area contributed by atoms with Gasteiger partial charge in [-0.15, -0.1) is 0 Å². The summed E-state index contributed by atoms with van der Waals surface area (Å²) in [4.78, 5) is 11.4. The predicted octanol–water partition coefficient (Wildman–Crippen LogP) is 3.10. The second-order valence-electron chi connectivity index (χ2n) is 4.41. The molecule has 0 radical (unpaired) electrons. The molecule has 98 valence electrons. The minimum atomic E-state index is -2.81. The maximum Gasteiger partial charge on any atom is 0.407 e. The first-order valence-corrected chi connectivity index (χ1v) is 5.93. The third-order valence-electron chi connectivity index (χ3n) is 3.02. The highest BCUT2D eigenvalue weighted by atomic mass is 19.3. The Bertz CT molecular complexity index is 409. The fourth-order valence-corrected chi connectivity index (χ4v) is 2.01. The molecule has 0 aromatic heterocycles. The Kier molecular flexibility index (Phi) is 3.79. The van der Waals surface area contributed by atoms with Crippen molar-refractivity contribution < 1.29 is 18.3 Å². The molecule has 0 saturated heterocycles. The third kappa shape index (κ3) is 3.18. The SMILES string of the molecule is O=C(N[C@H]1CCCC1(F)F)OCc1ccccc1. The van der Waals surface area contributed by atoms with Crippen LogP contribution in [-0.2, 0) is 11.3 Å². The lowest BCUT2D eigenvalue weighted by Crippen LogP contribution is -2.44. The van der Waals surface area contributed by atoms with E-state index in [9.17, 15) is 13.6 Å². The van der Waals surface area contributed by atoms with E-state index < -0.39 is 18.1 Å². The molecule has 0 unspecified atom stereocenters. The van der Waals surface area contributed by atoms with E-state index in [1.807, 2.05) is 18.2 Å². The number of alkyl halides is 2. The third-order valence-corrected chi connectivity index (χ3v) is 3.02. The molecule has 1 saturated carbocycles. The van der Waals surface area contributed by atoms with E-state index in [2.05, 4.69) is 5.32 Å². The molecule has 5 heteroatoms. The average molecular weight is 255 g/mol. The monoisotopic (exact) mass is 255 g/mol. The van der Waals surface area contributed by atoms with Crippen LogP contribution in [0.5, 0.6) is 0 Å². The molecule has 1 aromatic carbocycles. The van der Waals surface area contributed by atoms with Crippen molar-refractivity contribution in [2.75, 3.05) is 0 Å². The first-order chi connectivity index (χ1) is 8.58. The fourth-order valence-electron chi connectivity index (χ4n) is 2.01. The molecule has 1 amide bonds. The van der Waals surface area contributed by atoms with Crippen molar-refractivity contribution in [3.05, 3.63) is 35.9 Å². The van der Waals surface area contributed by atoms with Gasteiger partial charge in [-0.2, -0.15) is 0 Å². The number of carbonyl (C=O) groups excluding carboxylic acids is 1. The molecule has 0 bridgehead atoms. The lowest BCUT2D eigenvalue weighted by molar-refractivity contribution is -0.0181. The van der Waals surface area contributed by atoms with Crippen LogP contribution in [0, 0.1) is 0 Å². The lowest BCUT2D eigenvalue weighted by Gasteiger charge is -2.19. The van der Waals surface area contributed by atoms with Crippen molar-refractivity contribution in [1.29, 1.82) is 0 Å². The minimum Gasteiger partial charge on any atom is -0.445 e. The molecule has 1 fully saturated rings. The van der Waals surface area contributed by atoms with Crippen molar-refractivity contribution in [1.82, 2.24) is 5.32 Å². The molecule has 1 aliphatic carbocycles. The van der Waals surface area contributed by atoms with E-state index in [0.717, 1.165) is 5.56 Å². The highest BCUT2D eigenvalue weighted by Gasteiger charge is 2.44. The van der Waals surface area contributed by atoms with Crippen molar-refractivity contribution in [2.45, 2.75) is 37.8 Å². The van der Waals surface area contributed by atoms with Crippen molar-refractivity contribution in [3.63, 3.8) is 0 Å². The highest BCUT2D eigenvalue weighted by molar-refractivity contribution is 5.67. The van der Waals surface area contributed by atoms with Crippen LogP contribution in [0.25, 0.3) is 0 Å². The number of hydrogen-bond acceptors (Lipinski definition) is 2. The molecular formula is C13H15F2NO2. The standard InChI is InChI=1S/C13H15F2NO2/c14-13(15)8-4-7-11(13)16-12(17)18-9-10-5-2-1-3-6-10/h1-3,5-6,11H,4,7-9H2,(H,16,17)/t11-/m0/s1. The minimum absolute atomic E-state index is 0.0883. The van der Waals surface area contributed by atoms with Gasteiger partial charge in [-0.1, -0.05) is 30.3 Å². The average Bonchev–Trinajstić information content (AvgIpc) is 2.68. The molecule has 2 rings (SSSR count). The van der Waals surface area contributed by atoms with Crippen LogP contribution in [0.2, 0.25) is 0 Å². The number of carbonyl (C=O) groups is 1. The first kappa shape index (κ1) is 12.8. The Morgan fingerprint density at radius 2 is 2.11 bits per heavy atom. The quantitative estimate of drug-likeness (QED) is 0.901. The first-order valence-electron chi connectivity index (χ1n) is 5.93. The predicted molar refractivity (Wildman–Crippen MR) is 62.3 cm³/mol. The van der Waals surface area contributed by atoms with Gasteiger partial charge in [-0.3, -0.25) is 0 Å². The summed E-state index contributed by atoms with van der Waals surface area (Å²) < 4.78 is 31.4. The van der Waals surface area contributed by atoms with Gasteiger partial charge in [0.15, 0.2) is 0 Å². The molecule has 1 N–H and O–H groups in total. The second kappa shape index (κ2) is 5.33. The molecule has 0 aliphatic heterocycles. The summed E-state index contributed by atoms with van der Waals surface area (Å²) in [6.45, 7) is 0.0883. The summed E-state index contributed by atoms with van der Waals surface area (Å²) in [5.74, 6) is -2.81. The number of amides is 1. The van der Waals surface area contributed by atoms with E-state index in [1.165, 1.54) is 0 Å². The van der Waals surface area contributed by atoms with Gasteiger partial charge < -0.3 is 10.1 Å². The van der Waals surface area contributed by atoms with Gasteiger partial charge in [0, 0.05) is 6.42 Å². The van der Waals surface area contributed by atoms with Crippen LogP contribution in [0.3, 0.4) is 0 Å². The number of ether oxygens (including phenoxy) is 1. The maximum absolute atomic E-state index is 13.3. The van der Waals surface area contributed by atoms with Crippen LogP contribution in [0.15, 0.2) is 30.3 Å². The summed E-state index contributed by atoms with van der Waals surface area (Å²) in [5, 5.41) is 2.23. The number of nitrogens with one attached hydrogen (secondary N) is 1. The number of alkyl carbamates (subject to hydrolysis) is 1. The molecule has 3 nitrogen and oxygen atoms in total. The summed E-state index contributed by atoms with van der Waals surface area (Å²) in [5.41, 5.74) is 0.825. The van der Waals surface area contributed by atoms with Crippen LogP contribution >= 0.6 is 0 Å². The zero-order valence-corrected chi connectivity index (χ0v) is 9.86. The van der Waals surface area contributed by atoms with Gasteiger partial charge in [0.1, 0.15) is 6.61 Å². The van der Waals surface area contributed by atoms with E-state index in [4.69, 9.17) is 4.74 Å². The number of rotatable bonds is 3. The van der Waals surface area contributed by atoms with E-state index in [-0.39, 0.29) is 13.0 Å². The molecule has 0 heterocycles. The van der Waals surface area contributed by atoms with Crippen molar-refractivity contribution in [2.24, 2.45) is 0 Å². The Morgan fingerprint density at radius 3 is 2.72 bits per heavy atom. The fraction of sp³-hybridized carbons (Fsp3) is 0.462. The maximum atomic E-state index is 13.3. The van der Waals surface area contributed by atoms with Crippen molar-refractivity contribution >= 4 is 6.09 Å². The summed E-state index contributed by atoms with van der Waals surface area (Å²) in [7, 11) is 0. The Hall–Kier alpha value is -1.65. The van der Waals surface area contributed by atoms with Gasteiger partial charge in [0.2, 0.25) is 0 Å². The van der Waals surface area contributed by atoms with Gasteiger partial charge in [-0.25, -0.2) is 13.6 Å². The second-order valence-corrected chi connectivity index (χ2v) is 4.41. The van der Waals surface area contributed by atoms with Gasteiger partial charge in [0.25, 0.3) is 5.92 Å². The van der Waals surface area contributed by atoms with Crippen LogP contribution in [0.4, 0.5) is 13.6 Å². The smallest absolute Gasteiger partial charge is 0.407 e. The zero-order chi connectivity index (χ0) is 13.0. The summed E-state index contributed by atoms with van der Waals surface area (Å²) in [6, 6.07) is 8.00. The number of benzene rings is 1. The largest absolute Gasteiger partial charge is 0.445 e. The Morgan fingerprint density at radius 1 is 1.39 bits per heavy atom. The summed E-state index contributed by atoms with van der Waals surface area (Å²) >= 11 is 0. The van der Waals surface area contributed by atoms with Crippen molar-refractivity contribution in [3.8, 4) is 0 Å². The highest BCUT2D eigenvalue weighted by Crippen LogP contribution is 2.34. The van der Waals surface area contributed by atoms with Gasteiger partial charge in [0.05, 0.1) is 6.04 Å². The molecule has 0 spiro atoms. The molecule has 18 heavy (non-hydrogen) atoms. The zero-order valence-electron chi connectivity index (χ0n) is 9.86. The van der Waals surface area contributed by atoms with E-state index in [1.54, 1.807) is 12.1 Å². The van der Waals surface area contributed by atoms with Crippen LogP contribution < -0.4 is 5.32 Å². The summed E-state index contributed by atoms with van der Waals surface area (Å²) in [6.07, 6.45) is -0.230. The number of hydrogen-bond donors (Lipinski definition) is 1. The topological polar surface area (TPSA) is 38.3 Å². The van der Waals surface area contributed by atoms with Crippen LogP contribution in [0.1, 0.15) is 24.8 Å². The normalized spacial score (nSPS) is 21.6. The molecule has 1 aliphatic rings. The van der Waals surface area contributed by atoms with E-state index in [0.29, 0.717) is 12.8 Å². The lowest BCUT2D eigenvalue weighted by atomic mass is 10.2.